The van der Waals surface area contributed by atoms with Gasteiger partial charge >= 0.3 is 0 Å². The lowest BCUT2D eigenvalue weighted by Crippen LogP contribution is -2.60. The Hall–Kier alpha value is -2.52. The summed E-state index contributed by atoms with van der Waals surface area (Å²) in [6.45, 7) is 9.44. The molecule has 5 rings (SSSR count). The molecule has 0 spiro atoms. The smallest absolute Gasteiger partial charge is 0.178 e. The topological polar surface area (TPSA) is 70.4 Å². The van der Waals surface area contributed by atoms with E-state index < -0.39 is 12.3 Å². The maximum absolute atomic E-state index is 10.6. The van der Waals surface area contributed by atoms with Gasteiger partial charge in [-0.05, 0) is 38.5 Å². The molecule has 1 fully saturated rings. The van der Waals surface area contributed by atoms with Gasteiger partial charge in [-0.3, -0.25) is 9.80 Å². The van der Waals surface area contributed by atoms with Crippen molar-refractivity contribution >= 4 is 27.3 Å². The van der Waals surface area contributed by atoms with E-state index in [4.69, 9.17) is 9.57 Å². The first kappa shape index (κ1) is 23.2. The third kappa shape index (κ3) is 5.10. The van der Waals surface area contributed by atoms with Gasteiger partial charge in [-0.25, -0.2) is 4.98 Å². The van der Waals surface area contributed by atoms with Crippen LogP contribution in [0.2, 0.25) is 0 Å². The van der Waals surface area contributed by atoms with E-state index >= 15 is 0 Å². The first-order valence-corrected chi connectivity index (χ1v) is 12.8. The normalized spacial score (nSPS) is 23.5. The minimum Gasteiger partial charge on any atom is -0.472 e. The van der Waals surface area contributed by atoms with E-state index in [0.29, 0.717) is 0 Å². The number of hydrogen-bond acceptors (Lipinski definition) is 8. The van der Waals surface area contributed by atoms with Gasteiger partial charge in [-0.2, -0.15) is 0 Å². The lowest BCUT2D eigenvalue weighted by molar-refractivity contribution is -0.0984. The summed E-state index contributed by atoms with van der Waals surface area (Å²) in [6.07, 6.45) is -0.130. The molecule has 1 aromatic heterocycles. The molecule has 2 unspecified atom stereocenters. The number of aliphatic hydroxyl groups excluding tert-OH is 1. The molecular formula is C26H32N4O3S. The highest BCUT2D eigenvalue weighted by Crippen LogP contribution is 2.28. The SMILES string of the molecule is Cc1nc2cc(OC(C(C)O)N3CCN(C[C@H]4CC(c5ccccc5)=NO4)C[C@@H]3C)ccc2s1. The molecule has 0 aliphatic carbocycles. The van der Waals surface area contributed by atoms with Crippen LogP contribution >= 0.6 is 11.3 Å². The standard InChI is InChI=1S/C26H32N4O3S/c1-17-15-29(16-22-14-23(28-33-22)20-7-5-4-6-8-20)11-12-30(17)26(18(2)31)32-21-9-10-25-24(13-21)27-19(3)34-25/h4-10,13,17-18,22,26,31H,11-12,14-16H2,1-3H3/t17-,18?,22+,26?/m0/s1. The summed E-state index contributed by atoms with van der Waals surface area (Å²) in [6, 6.07) is 16.4. The molecule has 1 saturated heterocycles. The van der Waals surface area contributed by atoms with Gasteiger partial charge in [0.1, 0.15) is 18.0 Å². The molecule has 34 heavy (non-hydrogen) atoms. The van der Waals surface area contributed by atoms with Crippen molar-refractivity contribution in [3.8, 4) is 5.75 Å². The van der Waals surface area contributed by atoms with Crippen LogP contribution in [0.1, 0.15) is 30.8 Å². The zero-order valence-electron chi connectivity index (χ0n) is 19.9. The molecule has 2 aliphatic rings. The van der Waals surface area contributed by atoms with E-state index in [9.17, 15) is 5.11 Å². The van der Waals surface area contributed by atoms with Crippen molar-refractivity contribution in [1.29, 1.82) is 0 Å². The number of aliphatic hydroxyl groups is 1. The van der Waals surface area contributed by atoms with Gasteiger partial charge < -0.3 is 14.7 Å². The second kappa shape index (κ2) is 10.00. The molecule has 8 heteroatoms. The van der Waals surface area contributed by atoms with Crippen molar-refractivity contribution in [2.75, 3.05) is 26.2 Å². The van der Waals surface area contributed by atoms with E-state index in [2.05, 4.69) is 39.0 Å². The largest absolute Gasteiger partial charge is 0.472 e. The molecule has 0 saturated carbocycles. The third-order valence-electron chi connectivity index (χ3n) is 6.53. The van der Waals surface area contributed by atoms with Gasteiger partial charge in [-0.1, -0.05) is 35.5 Å². The van der Waals surface area contributed by atoms with Crippen LogP contribution in [-0.4, -0.2) is 76.3 Å². The number of rotatable bonds is 7. The van der Waals surface area contributed by atoms with E-state index in [-0.39, 0.29) is 12.1 Å². The number of hydrogen-bond donors (Lipinski definition) is 1. The van der Waals surface area contributed by atoms with Gasteiger partial charge in [0.15, 0.2) is 6.23 Å². The fourth-order valence-corrected chi connectivity index (χ4v) is 5.69. The molecule has 0 bridgehead atoms. The van der Waals surface area contributed by atoms with Crippen molar-refractivity contribution in [3.63, 3.8) is 0 Å². The predicted octanol–water partition coefficient (Wildman–Crippen LogP) is 3.89. The number of benzene rings is 2. The number of thiazole rings is 1. The Bertz CT molecular complexity index is 1150. The molecule has 2 aliphatic heterocycles. The fourth-order valence-electron chi connectivity index (χ4n) is 4.88. The van der Waals surface area contributed by atoms with Crippen LogP contribution in [0.4, 0.5) is 0 Å². The zero-order valence-corrected chi connectivity index (χ0v) is 20.7. The average Bonchev–Trinajstić information content (AvgIpc) is 3.43. The third-order valence-corrected chi connectivity index (χ3v) is 7.48. The predicted molar refractivity (Wildman–Crippen MR) is 136 cm³/mol. The molecule has 7 nitrogen and oxygen atoms in total. The molecule has 180 valence electrons. The van der Waals surface area contributed by atoms with Crippen LogP contribution in [0.5, 0.6) is 5.75 Å². The lowest BCUT2D eigenvalue weighted by Gasteiger charge is -2.44. The van der Waals surface area contributed by atoms with E-state index in [1.54, 1.807) is 18.3 Å². The maximum Gasteiger partial charge on any atom is 0.178 e. The Kier molecular flexibility index (Phi) is 6.83. The fraction of sp³-hybridized carbons (Fsp3) is 0.462. The number of oxime groups is 1. The summed E-state index contributed by atoms with van der Waals surface area (Å²) in [5.41, 5.74) is 3.09. The van der Waals surface area contributed by atoms with Crippen LogP contribution in [0.25, 0.3) is 10.2 Å². The summed E-state index contributed by atoms with van der Waals surface area (Å²) in [4.78, 5) is 15.0. The molecule has 4 atom stereocenters. The van der Waals surface area contributed by atoms with Crippen molar-refractivity contribution in [3.05, 3.63) is 59.1 Å². The maximum atomic E-state index is 10.6. The second-order valence-electron chi connectivity index (χ2n) is 9.29. The number of ether oxygens (including phenoxy) is 1. The highest BCUT2D eigenvalue weighted by Gasteiger charge is 2.35. The van der Waals surface area contributed by atoms with Crippen molar-refractivity contribution in [1.82, 2.24) is 14.8 Å². The molecular weight excluding hydrogens is 448 g/mol. The molecule has 3 aromatic rings. The van der Waals surface area contributed by atoms with Crippen LogP contribution in [0, 0.1) is 6.92 Å². The van der Waals surface area contributed by atoms with Gasteiger partial charge in [0.05, 0.1) is 20.9 Å². The molecule has 2 aromatic carbocycles. The minimum absolute atomic E-state index is 0.0751. The summed E-state index contributed by atoms with van der Waals surface area (Å²) in [5.74, 6) is 0.739. The average molecular weight is 481 g/mol. The number of fused-ring (bicyclic) bond motifs is 1. The highest BCUT2D eigenvalue weighted by atomic mass is 32.1. The van der Waals surface area contributed by atoms with Gasteiger partial charge in [-0.15, -0.1) is 11.3 Å². The Morgan fingerprint density at radius 3 is 2.79 bits per heavy atom. The number of piperazine rings is 1. The van der Waals surface area contributed by atoms with E-state index in [0.717, 1.165) is 64.8 Å². The Morgan fingerprint density at radius 2 is 2.03 bits per heavy atom. The van der Waals surface area contributed by atoms with Crippen LogP contribution < -0.4 is 4.74 Å². The quantitative estimate of drug-likeness (QED) is 0.553. The molecule has 0 radical (unpaired) electrons. The Balaban J connectivity index is 1.18. The molecule has 1 N–H and O–H groups in total. The first-order valence-electron chi connectivity index (χ1n) is 11.9. The van der Waals surface area contributed by atoms with Gasteiger partial charge in [0.25, 0.3) is 0 Å². The zero-order chi connectivity index (χ0) is 23.7. The van der Waals surface area contributed by atoms with Crippen LogP contribution in [0.15, 0.2) is 53.7 Å². The van der Waals surface area contributed by atoms with Gasteiger partial charge in [0, 0.05) is 44.7 Å². The molecule has 0 amide bonds. The van der Waals surface area contributed by atoms with Crippen LogP contribution in [-0.2, 0) is 4.84 Å². The van der Waals surface area contributed by atoms with E-state index in [1.807, 2.05) is 43.3 Å². The number of nitrogens with zero attached hydrogens (tertiary/aromatic N) is 4. The number of aryl methyl sites for hydroxylation is 1. The van der Waals surface area contributed by atoms with Crippen LogP contribution in [0.3, 0.4) is 0 Å². The van der Waals surface area contributed by atoms with Crippen molar-refractivity contribution in [2.24, 2.45) is 5.16 Å². The second-order valence-corrected chi connectivity index (χ2v) is 10.5. The van der Waals surface area contributed by atoms with E-state index in [1.165, 1.54) is 0 Å². The highest BCUT2D eigenvalue weighted by molar-refractivity contribution is 7.18. The summed E-state index contributed by atoms with van der Waals surface area (Å²) >= 11 is 1.68. The minimum atomic E-state index is -0.623. The first-order chi connectivity index (χ1) is 16.5. The summed E-state index contributed by atoms with van der Waals surface area (Å²) in [7, 11) is 0. The summed E-state index contributed by atoms with van der Waals surface area (Å²) < 4.78 is 7.46. The lowest BCUT2D eigenvalue weighted by atomic mass is 10.0. The summed E-state index contributed by atoms with van der Waals surface area (Å²) in [5, 5.41) is 15.9. The number of aromatic nitrogens is 1. The van der Waals surface area contributed by atoms with Crippen molar-refractivity contribution < 1.29 is 14.7 Å². The Labute approximate surface area is 204 Å². The molecule has 3 heterocycles. The Morgan fingerprint density at radius 1 is 1.21 bits per heavy atom. The monoisotopic (exact) mass is 480 g/mol. The van der Waals surface area contributed by atoms with Crippen molar-refractivity contribution in [2.45, 2.75) is 51.7 Å². The van der Waals surface area contributed by atoms with Gasteiger partial charge in [0.2, 0.25) is 0 Å².